The highest BCUT2D eigenvalue weighted by atomic mass is 32.2. The van der Waals surface area contributed by atoms with Crippen LogP contribution in [0.3, 0.4) is 0 Å². The number of likely N-dealkylation sites (N-methyl/N-ethyl adjacent to an activating group) is 1. The van der Waals surface area contributed by atoms with Crippen molar-refractivity contribution in [1.29, 1.82) is 0 Å². The molecule has 1 aromatic carbocycles. The Morgan fingerprint density at radius 3 is 2.76 bits per heavy atom. The maximum Gasteiger partial charge on any atom is 0.271 e. The van der Waals surface area contributed by atoms with Gasteiger partial charge < -0.3 is 5.32 Å². The number of anilines is 1. The van der Waals surface area contributed by atoms with Crippen LogP contribution in [0.15, 0.2) is 45.5 Å². The van der Waals surface area contributed by atoms with E-state index in [9.17, 15) is 8.42 Å². The Hall–Kier alpha value is -1.02. The lowest BCUT2D eigenvalue weighted by Gasteiger charge is -2.07. The molecule has 1 aromatic heterocycles. The molecule has 2 aromatic rings. The number of sulfonamides is 1. The number of hydrogen-bond acceptors (Lipinski definition) is 5. The lowest BCUT2D eigenvalue weighted by atomic mass is 10.3. The van der Waals surface area contributed by atoms with E-state index in [4.69, 9.17) is 0 Å². The van der Waals surface area contributed by atoms with E-state index in [2.05, 4.69) is 10.0 Å². The molecule has 2 N–H and O–H groups in total. The molecule has 0 atom stereocenters. The lowest BCUT2D eigenvalue weighted by Crippen LogP contribution is -2.11. The van der Waals surface area contributed by atoms with Crippen LogP contribution in [0.25, 0.3) is 0 Å². The normalized spacial score (nSPS) is 11.5. The molecule has 0 aliphatic carbocycles. The van der Waals surface area contributed by atoms with Gasteiger partial charge in [-0.15, -0.1) is 23.1 Å². The zero-order valence-electron chi connectivity index (χ0n) is 11.9. The third-order valence-electron chi connectivity index (χ3n) is 2.85. The van der Waals surface area contributed by atoms with E-state index in [0.717, 1.165) is 22.7 Å². The average Bonchev–Trinajstić information content (AvgIpc) is 2.94. The number of nitrogens with one attached hydrogen (secondary N) is 2. The first kappa shape index (κ1) is 16.4. The first-order valence-electron chi connectivity index (χ1n) is 6.45. The molecule has 0 unspecified atom stereocenters. The van der Waals surface area contributed by atoms with Crippen molar-refractivity contribution < 1.29 is 8.42 Å². The summed E-state index contributed by atoms with van der Waals surface area (Å²) in [5.41, 5.74) is 0.590. The van der Waals surface area contributed by atoms with Crippen molar-refractivity contribution in [3.8, 4) is 0 Å². The van der Waals surface area contributed by atoms with E-state index in [-0.39, 0.29) is 0 Å². The molecular formula is C14H18N2O2S3. The van der Waals surface area contributed by atoms with Gasteiger partial charge in [0, 0.05) is 15.5 Å². The van der Waals surface area contributed by atoms with Crippen molar-refractivity contribution in [2.24, 2.45) is 0 Å². The molecule has 0 aliphatic rings. The SMILES string of the molecule is CNCCc1ccc(S(=O)(=O)Nc2cccc(SC)c2)s1. The van der Waals surface area contributed by atoms with Gasteiger partial charge >= 0.3 is 0 Å². The summed E-state index contributed by atoms with van der Waals surface area (Å²) in [5.74, 6) is 0. The predicted molar refractivity (Wildman–Crippen MR) is 91.0 cm³/mol. The molecule has 0 bridgehead atoms. The third-order valence-corrected chi connectivity index (χ3v) is 6.59. The molecule has 1 heterocycles. The first-order valence-corrected chi connectivity index (χ1v) is 9.98. The van der Waals surface area contributed by atoms with Gasteiger partial charge in [0.25, 0.3) is 10.0 Å². The van der Waals surface area contributed by atoms with Gasteiger partial charge in [-0.05, 0) is 56.6 Å². The first-order chi connectivity index (χ1) is 10.0. The Morgan fingerprint density at radius 1 is 1.24 bits per heavy atom. The molecule has 2 rings (SSSR count). The minimum atomic E-state index is -3.50. The number of thioether (sulfide) groups is 1. The van der Waals surface area contributed by atoms with E-state index in [1.54, 1.807) is 23.9 Å². The van der Waals surface area contributed by atoms with E-state index < -0.39 is 10.0 Å². The maximum absolute atomic E-state index is 12.4. The highest BCUT2D eigenvalue weighted by Gasteiger charge is 2.17. The van der Waals surface area contributed by atoms with Gasteiger partial charge in [-0.2, -0.15) is 0 Å². The molecular weight excluding hydrogens is 324 g/mol. The zero-order valence-corrected chi connectivity index (χ0v) is 14.4. The summed E-state index contributed by atoms with van der Waals surface area (Å²) >= 11 is 2.89. The van der Waals surface area contributed by atoms with Crippen LogP contribution >= 0.6 is 23.1 Å². The van der Waals surface area contributed by atoms with E-state index in [1.165, 1.54) is 11.3 Å². The highest BCUT2D eigenvalue weighted by Crippen LogP contribution is 2.26. The fourth-order valence-corrected chi connectivity index (χ4v) is 4.64. The second-order valence-corrected chi connectivity index (χ2v) is 8.37. The standard InChI is InChI=1S/C14H18N2O2S3/c1-15-9-8-12-6-7-14(20-12)21(17,18)16-11-4-3-5-13(10-11)19-2/h3-7,10,15-16H,8-9H2,1-2H3. The van der Waals surface area contributed by atoms with Crippen molar-refractivity contribution in [1.82, 2.24) is 5.32 Å². The molecule has 0 saturated heterocycles. The van der Waals surface area contributed by atoms with Gasteiger partial charge in [-0.25, -0.2) is 8.42 Å². The van der Waals surface area contributed by atoms with Crippen molar-refractivity contribution >= 4 is 38.8 Å². The van der Waals surface area contributed by atoms with Crippen LogP contribution in [0.5, 0.6) is 0 Å². The fraction of sp³-hybridized carbons (Fsp3) is 0.286. The smallest absolute Gasteiger partial charge is 0.271 e. The minimum absolute atomic E-state index is 0.350. The summed E-state index contributed by atoms with van der Waals surface area (Å²) in [6.45, 7) is 0.837. The number of benzene rings is 1. The lowest BCUT2D eigenvalue weighted by molar-refractivity contribution is 0.603. The van der Waals surface area contributed by atoms with Crippen LogP contribution < -0.4 is 10.0 Å². The highest BCUT2D eigenvalue weighted by molar-refractivity contribution is 7.98. The van der Waals surface area contributed by atoms with E-state index in [0.29, 0.717) is 9.90 Å². The second kappa shape index (κ2) is 7.31. The maximum atomic E-state index is 12.4. The van der Waals surface area contributed by atoms with Crippen LogP contribution in [0.1, 0.15) is 4.88 Å². The van der Waals surface area contributed by atoms with E-state index in [1.807, 2.05) is 37.6 Å². The Balaban J connectivity index is 2.15. The van der Waals surface area contributed by atoms with Crippen LogP contribution in [0.2, 0.25) is 0 Å². The number of hydrogen-bond donors (Lipinski definition) is 2. The second-order valence-electron chi connectivity index (χ2n) is 4.41. The topological polar surface area (TPSA) is 58.2 Å². The summed E-state index contributed by atoms with van der Waals surface area (Å²) in [6, 6.07) is 10.9. The average molecular weight is 343 g/mol. The Morgan fingerprint density at radius 2 is 2.05 bits per heavy atom. The van der Waals surface area contributed by atoms with Gasteiger partial charge in [-0.1, -0.05) is 6.07 Å². The Kier molecular flexibility index (Phi) is 5.69. The third kappa shape index (κ3) is 4.47. The van der Waals surface area contributed by atoms with Crippen LogP contribution in [-0.4, -0.2) is 28.3 Å². The molecule has 21 heavy (non-hydrogen) atoms. The van der Waals surface area contributed by atoms with Gasteiger partial charge in [0.1, 0.15) is 4.21 Å². The van der Waals surface area contributed by atoms with Gasteiger partial charge in [0.2, 0.25) is 0 Å². The zero-order chi connectivity index (χ0) is 15.3. The van der Waals surface area contributed by atoms with Crippen molar-refractivity contribution in [2.45, 2.75) is 15.5 Å². The van der Waals surface area contributed by atoms with Crippen molar-refractivity contribution in [3.05, 3.63) is 41.3 Å². The fourth-order valence-electron chi connectivity index (χ4n) is 1.78. The number of thiophene rings is 1. The van der Waals surface area contributed by atoms with Gasteiger partial charge in [0.05, 0.1) is 0 Å². The quantitative estimate of drug-likeness (QED) is 0.760. The van der Waals surface area contributed by atoms with Crippen molar-refractivity contribution in [3.63, 3.8) is 0 Å². The number of rotatable bonds is 7. The van der Waals surface area contributed by atoms with Crippen LogP contribution in [-0.2, 0) is 16.4 Å². The molecule has 0 radical (unpaired) electrons. The van der Waals surface area contributed by atoms with E-state index >= 15 is 0 Å². The van der Waals surface area contributed by atoms with Crippen LogP contribution in [0, 0.1) is 0 Å². The van der Waals surface area contributed by atoms with Crippen molar-refractivity contribution in [2.75, 3.05) is 24.6 Å². The largest absolute Gasteiger partial charge is 0.319 e. The molecule has 7 heteroatoms. The summed E-state index contributed by atoms with van der Waals surface area (Å²) < 4.78 is 27.7. The van der Waals surface area contributed by atoms with Crippen LogP contribution in [0.4, 0.5) is 5.69 Å². The summed E-state index contributed by atoms with van der Waals surface area (Å²) in [5, 5.41) is 3.06. The monoisotopic (exact) mass is 342 g/mol. The minimum Gasteiger partial charge on any atom is -0.319 e. The summed E-state index contributed by atoms with van der Waals surface area (Å²) in [7, 11) is -1.62. The Bertz CT molecular complexity index is 696. The molecule has 0 aliphatic heterocycles. The predicted octanol–water partition coefficient (Wildman–Crippen LogP) is 3.03. The molecule has 114 valence electrons. The summed E-state index contributed by atoms with van der Waals surface area (Å²) in [4.78, 5) is 2.08. The molecule has 0 spiro atoms. The molecule has 0 amide bonds. The molecule has 4 nitrogen and oxygen atoms in total. The van der Waals surface area contributed by atoms with Gasteiger partial charge in [0.15, 0.2) is 0 Å². The molecule has 0 fully saturated rings. The molecule has 0 saturated carbocycles. The Labute approximate surface area is 134 Å². The summed E-state index contributed by atoms with van der Waals surface area (Å²) in [6.07, 6.45) is 2.79. The van der Waals surface area contributed by atoms with Gasteiger partial charge in [-0.3, -0.25) is 4.72 Å².